The summed E-state index contributed by atoms with van der Waals surface area (Å²) in [6.07, 6.45) is 6.51. The zero-order chi connectivity index (χ0) is 24.2. The smallest absolute Gasteiger partial charge is 0.167 e. The van der Waals surface area contributed by atoms with Crippen molar-refractivity contribution in [1.82, 2.24) is 0 Å². The fraction of sp³-hybridized carbons (Fsp3) is 0.571. The predicted molar refractivity (Wildman–Crippen MR) is 125 cm³/mol. The van der Waals surface area contributed by atoms with E-state index in [9.17, 15) is 4.39 Å². The molecule has 2 unspecified atom stereocenters. The molecule has 2 fully saturated rings. The monoisotopic (exact) mass is 478 g/mol. The van der Waals surface area contributed by atoms with Gasteiger partial charge in [0.25, 0.3) is 0 Å². The van der Waals surface area contributed by atoms with E-state index in [0.29, 0.717) is 37.5 Å². The lowest BCUT2D eigenvalue weighted by Crippen LogP contribution is -2.28. The first kappa shape index (κ1) is 25.2. The largest absolute Gasteiger partial charge is 0.376 e. The Labute approximate surface area is 199 Å². The van der Waals surface area contributed by atoms with Gasteiger partial charge in [-0.2, -0.15) is 0 Å². The van der Waals surface area contributed by atoms with Gasteiger partial charge in [-0.05, 0) is 62.8 Å². The standard InChI is InChI=1S/C28H34F4O2/c1-3-5-17-6-8-18(9-7-17)20-11-12-21(26(30)25(20)29)22-13-14-23(28(32)27(22)31)24-15-10-19(16-34-24)33-4-2/h11-14,17-19,24H,3-10,15-16H2,1-2H3. The SMILES string of the molecule is CCCC1CCC(c2ccc(-c3ccc(C4CCC(OCC)CO4)c(F)c3F)c(F)c2F)CC1. The molecule has 1 aliphatic carbocycles. The Morgan fingerprint density at radius 1 is 0.765 bits per heavy atom. The average molecular weight is 479 g/mol. The summed E-state index contributed by atoms with van der Waals surface area (Å²) in [5.74, 6) is -3.70. The fourth-order valence-electron chi connectivity index (χ4n) is 5.62. The van der Waals surface area contributed by atoms with Crippen LogP contribution in [0.2, 0.25) is 0 Å². The van der Waals surface area contributed by atoms with Gasteiger partial charge in [-0.25, -0.2) is 17.6 Å². The molecule has 1 heterocycles. The van der Waals surface area contributed by atoms with Crippen LogP contribution in [0.25, 0.3) is 11.1 Å². The minimum atomic E-state index is -1.18. The molecule has 0 bridgehead atoms. The van der Waals surface area contributed by atoms with Gasteiger partial charge in [0.2, 0.25) is 0 Å². The summed E-state index contributed by atoms with van der Waals surface area (Å²) < 4.78 is 71.4. The molecule has 4 rings (SSSR count). The van der Waals surface area contributed by atoms with Crippen molar-refractivity contribution in [1.29, 1.82) is 0 Å². The highest BCUT2D eigenvalue weighted by molar-refractivity contribution is 5.66. The molecule has 186 valence electrons. The summed E-state index contributed by atoms with van der Waals surface area (Å²) in [6.45, 7) is 4.93. The van der Waals surface area contributed by atoms with Crippen LogP contribution in [0.1, 0.15) is 88.4 Å². The van der Waals surface area contributed by atoms with E-state index >= 15 is 13.2 Å². The van der Waals surface area contributed by atoms with Crippen LogP contribution in [0.5, 0.6) is 0 Å². The topological polar surface area (TPSA) is 18.5 Å². The molecular weight excluding hydrogens is 444 g/mol. The maximum absolute atomic E-state index is 15.1. The van der Waals surface area contributed by atoms with Gasteiger partial charge in [-0.15, -0.1) is 0 Å². The predicted octanol–water partition coefficient (Wildman–Crippen LogP) is 8.24. The molecule has 6 heteroatoms. The Morgan fingerprint density at radius 2 is 1.38 bits per heavy atom. The average Bonchev–Trinajstić information content (AvgIpc) is 2.85. The lowest BCUT2D eigenvalue weighted by Gasteiger charge is -2.29. The lowest BCUT2D eigenvalue weighted by molar-refractivity contribution is -0.0850. The van der Waals surface area contributed by atoms with E-state index in [4.69, 9.17) is 9.47 Å². The molecule has 2 atom stereocenters. The molecule has 2 aromatic carbocycles. The summed E-state index contributed by atoms with van der Waals surface area (Å²) in [6, 6.07) is 5.66. The molecule has 2 nitrogen and oxygen atoms in total. The minimum absolute atomic E-state index is 0.0374. The van der Waals surface area contributed by atoms with E-state index in [-0.39, 0.29) is 28.7 Å². The van der Waals surface area contributed by atoms with Gasteiger partial charge < -0.3 is 9.47 Å². The Balaban J connectivity index is 1.53. The second-order valence-corrected chi connectivity index (χ2v) is 9.64. The Morgan fingerprint density at radius 3 is 1.94 bits per heavy atom. The molecule has 0 spiro atoms. The molecule has 1 saturated carbocycles. The first-order valence-electron chi connectivity index (χ1n) is 12.6. The number of hydrogen-bond acceptors (Lipinski definition) is 2. The zero-order valence-corrected chi connectivity index (χ0v) is 20.0. The van der Waals surface area contributed by atoms with Crippen molar-refractivity contribution in [3.05, 3.63) is 58.7 Å². The summed E-state index contributed by atoms with van der Waals surface area (Å²) >= 11 is 0. The number of rotatable bonds is 7. The van der Waals surface area contributed by atoms with Gasteiger partial charge in [-0.1, -0.05) is 44.0 Å². The van der Waals surface area contributed by atoms with Crippen molar-refractivity contribution in [3.8, 4) is 11.1 Å². The third-order valence-electron chi connectivity index (χ3n) is 7.48. The van der Waals surface area contributed by atoms with Crippen LogP contribution in [0, 0.1) is 29.2 Å². The molecular formula is C28H34F4O2. The molecule has 2 aromatic rings. The van der Waals surface area contributed by atoms with E-state index in [1.54, 1.807) is 6.07 Å². The van der Waals surface area contributed by atoms with Crippen molar-refractivity contribution in [2.24, 2.45) is 5.92 Å². The molecule has 0 amide bonds. The van der Waals surface area contributed by atoms with Crippen LogP contribution in [0.3, 0.4) is 0 Å². The van der Waals surface area contributed by atoms with Gasteiger partial charge in [0.15, 0.2) is 23.3 Å². The third-order valence-corrected chi connectivity index (χ3v) is 7.48. The Kier molecular flexibility index (Phi) is 8.30. The number of ether oxygens (including phenoxy) is 2. The first-order chi connectivity index (χ1) is 16.4. The molecule has 2 aliphatic rings. The van der Waals surface area contributed by atoms with E-state index in [0.717, 1.165) is 32.1 Å². The second kappa shape index (κ2) is 11.2. The highest BCUT2D eigenvalue weighted by atomic mass is 19.2. The van der Waals surface area contributed by atoms with Crippen LogP contribution < -0.4 is 0 Å². The van der Waals surface area contributed by atoms with Crippen LogP contribution in [0.4, 0.5) is 17.6 Å². The maximum atomic E-state index is 15.1. The van der Waals surface area contributed by atoms with Crippen molar-refractivity contribution >= 4 is 0 Å². The normalized spacial score (nSPS) is 25.5. The quantitative estimate of drug-likeness (QED) is 0.373. The van der Waals surface area contributed by atoms with Gasteiger partial charge in [-0.3, -0.25) is 0 Å². The lowest BCUT2D eigenvalue weighted by atomic mass is 9.77. The van der Waals surface area contributed by atoms with E-state index in [2.05, 4.69) is 6.92 Å². The van der Waals surface area contributed by atoms with Crippen LogP contribution in [0.15, 0.2) is 24.3 Å². The van der Waals surface area contributed by atoms with Gasteiger partial charge in [0, 0.05) is 23.3 Å². The highest BCUT2D eigenvalue weighted by Crippen LogP contribution is 2.41. The maximum Gasteiger partial charge on any atom is 0.167 e. The van der Waals surface area contributed by atoms with E-state index in [1.165, 1.54) is 24.6 Å². The first-order valence-corrected chi connectivity index (χ1v) is 12.6. The molecule has 0 N–H and O–H groups in total. The molecule has 1 aliphatic heterocycles. The van der Waals surface area contributed by atoms with E-state index < -0.39 is 29.4 Å². The molecule has 0 radical (unpaired) electrons. The van der Waals surface area contributed by atoms with Crippen molar-refractivity contribution in [3.63, 3.8) is 0 Å². The fourth-order valence-corrected chi connectivity index (χ4v) is 5.62. The number of hydrogen-bond donors (Lipinski definition) is 0. The Bertz CT molecular complexity index is 897. The summed E-state index contributed by atoms with van der Waals surface area (Å²) in [5.41, 5.74) is -0.102. The van der Waals surface area contributed by atoms with Crippen LogP contribution in [-0.2, 0) is 9.47 Å². The summed E-state index contributed by atoms with van der Waals surface area (Å²) in [7, 11) is 0. The molecule has 34 heavy (non-hydrogen) atoms. The summed E-state index contributed by atoms with van der Waals surface area (Å²) in [5, 5.41) is 0. The highest BCUT2D eigenvalue weighted by Gasteiger charge is 2.30. The van der Waals surface area contributed by atoms with Crippen molar-refractivity contribution in [2.45, 2.75) is 83.3 Å². The third kappa shape index (κ3) is 5.18. The molecule has 0 aromatic heterocycles. The Hall–Kier alpha value is -1.92. The van der Waals surface area contributed by atoms with Gasteiger partial charge >= 0.3 is 0 Å². The number of benzene rings is 2. The van der Waals surface area contributed by atoms with Crippen molar-refractivity contribution in [2.75, 3.05) is 13.2 Å². The van der Waals surface area contributed by atoms with Gasteiger partial charge in [0.05, 0.1) is 18.8 Å². The minimum Gasteiger partial charge on any atom is -0.376 e. The van der Waals surface area contributed by atoms with Crippen molar-refractivity contribution < 1.29 is 27.0 Å². The van der Waals surface area contributed by atoms with Crippen LogP contribution in [-0.4, -0.2) is 19.3 Å². The zero-order valence-electron chi connectivity index (χ0n) is 20.0. The van der Waals surface area contributed by atoms with Crippen LogP contribution >= 0.6 is 0 Å². The van der Waals surface area contributed by atoms with E-state index in [1.807, 2.05) is 6.92 Å². The summed E-state index contributed by atoms with van der Waals surface area (Å²) in [4.78, 5) is 0. The van der Waals surface area contributed by atoms with Gasteiger partial charge in [0.1, 0.15) is 0 Å². The number of halogens is 4. The second-order valence-electron chi connectivity index (χ2n) is 9.64. The molecule has 1 saturated heterocycles.